The van der Waals surface area contributed by atoms with Gasteiger partial charge in [0.15, 0.2) is 0 Å². The van der Waals surface area contributed by atoms with E-state index < -0.39 is 0 Å². The molecule has 3 rings (SSSR count). The summed E-state index contributed by atoms with van der Waals surface area (Å²) in [6.07, 6.45) is 5.06. The van der Waals surface area contributed by atoms with Crippen LogP contribution in [0.25, 0.3) is 5.65 Å². The van der Waals surface area contributed by atoms with Gasteiger partial charge in [-0.25, -0.2) is 4.98 Å². The summed E-state index contributed by atoms with van der Waals surface area (Å²) in [7, 11) is 0. The molecule has 0 spiro atoms. The lowest BCUT2D eigenvalue weighted by atomic mass is 9.81. The number of aromatic nitrogens is 2. The number of hydrogen-bond acceptors (Lipinski definition) is 4. The maximum Gasteiger partial charge on any atom is 0.270 e. The van der Waals surface area contributed by atoms with Crippen molar-refractivity contribution in [3.8, 4) is 0 Å². The third kappa shape index (κ3) is 3.76. The molecule has 1 fully saturated rings. The van der Waals surface area contributed by atoms with Crippen LogP contribution in [0.5, 0.6) is 0 Å². The summed E-state index contributed by atoms with van der Waals surface area (Å²) in [4.78, 5) is 29.1. The van der Waals surface area contributed by atoms with Crippen molar-refractivity contribution >= 4 is 24.0 Å². The van der Waals surface area contributed by atoms with Crippen molar-refractivity contribution in [2.24, 2.45) is 5.41 Å². The van der Waals surface area contributed by atoms with E-state index in [1.165, 1.54) is 10.6 Å². The van der Waals surface area contributed by atoms with Crippen molar-refractivity contribution in [2.75, 3.05) is 19.6 Å². The Morgan fingerprint density at radius 3 is 2.83 bits per heavy atom. The predicted octanol–water partition coefficient (Wildman–Crippen LogP) is 1.54. The monoisotopic (exact) mass is 350 g/mol. The molecule has 0 radical (unpaired) electrons. The van der Waals surface area contributed by atoms with Gasteiger partial charge < -0.3 is 10.6 Å². The van der Waals surface area contributed by atoms with Crippen LogP contribution < -0.4 is 16.2 Å². The number of nitrogens with one attached hydrogen (secondary N) is 2. The van der Waals surface area contributed by atoms with E-state index in [-0.39, 0.29) is 34.9 Å². The second kappa shape index (κ2) is 7.32. The van der Waals surface area contributed by atoms with Crippen LogP contribution in [0.15, 0.2) is 29.3 Å². The van der Waals surface area contributed by atoms with Crippen molar-refractivity contribution in [1.29, 1.82) is 0 Å². The second-order valence-electron chi connectivity index (χ2n) is 6.65. The topological polar surface area (TPSA) is 75.5 Å². The molecule has 2 N–H and O–H groups in total. The van der Waals surface area contributed by atoms with Gasteiger partial charge in [-0.05, 0) is 56.0 Å². The van der Waals surface area contributed by atoms with Crippen LogP contribution >= 0.6 is 12.4 Å². The van der Waals surface area contributed by atoms with Crippen LogP contribution in [0.2, 0.25) is 0 Å². The molecule has 0 atom stereocenters. The molecule has 130 valence electrons. The molecule has 0 aromatic carbocycles. The lowest BCUT2D eigenvalue weighted by Crippen LogP contribution is -2.43. The zero-order valence-corrected chi connectivity index (χ0v) is 14.8. The number of rotatable bonds is 3. The largest absolute Gasteiger partial charge is 0.351 e. The number of amides is 1. The Morgan fingerprint density at radius 2 is 2.12 bits per heavy atom. The Labute approximate surface area is 147 Å². The van der Waals surface area contributed by atoms with Gasteiger partial charge in [0.05, 0.1) is 0 Å². The first-order chi connectivity index (χ1) is 11.0. The van der Waals surface area contributed by atoms with Gasteiger partial charge in [0, 0.05) is 18.9 Å². The van der Waals surface area contributed by atoms with E-state index in [0.29, 0.717) is 12.2 Å². The van der Waals surface area contributed by atoms with Gasteiger partial charge >= 0.3 is 0 Å². The number of pyridine rings is 1. The number of carbonyl (C=O) groups excluding carboxylic acids is 1. The van der Waals surface area contributed by atoms with Crippen LogP contribution in [0.1, 0.15) is 35.7 Å². The van der Waals surface area contributed by atoms with E-state index in [4.69, 9.17) is 0 Å². The number of piperidine rings is 1. The zero-order chi connectivity index (χ0) is 16.4. The van der Waals surface area contributed by atoms with E-state index in [9.17, 15) is 9.59 Å². The first kappa shape index (κ1) is 18.4. The molecule has 0 aliphatic carbocycles. The Morgan fingerprint density at radius 1 is 1.42 bits per heavy atom. The quantitative estimate of drug-likeness (QED) is 0.880. The summed E-state index contributed by atoms with van der Waals surface area (Å²) in [5.74, 6) is -0.350. The minimum atomic E-state index is -0.350. The summed E-state index contributed by atoms with van der Waals surface area (Å²) in [6, 6.07) is 3.65. The first-order valence-electron chi connectivity index (χ1n) is 7.95. The van der Waals surface area contributed by atoms with Crippen LogP contribution in [0.4, 0.5) is 0 Å². The van der Waals surface area contributed by atoms with E-state index in [1.54, 1.807) is 6.20 Å². The SMILES string of the molecule is Cc1ccn2c(=O)c(C(=O)NCC3(C)CCNCC3)cnc2c1.Cl. The molecular formula is C17H23ClN4O2. The lowest BCUT2D eigenvalue weighted by Gasteiger charge is -2.34. The number of carbonyl (C=O) groups is 1. The number of hydrogen-bond donors (Lipinski definition) is 2. The minimum Gasteiger partial charge on any atom is -0.351 e. The van der Waals surface area contributed by atoms with Crippen molar-refractivity contribution in [1.82, 2.24) is 20.0 Å². The Hall–Kier alpha value is -1.92. The first-order valence-corrected chi connectivity index (χ1v) is 7.95. The molecule has 7 heteroatoms. The molecule has 2 aromatic heterocycles. The molecule has 2 aromatic rings. The average Bonchev–Trinajstić information content (AvgIpc) is 2.53. The van der Waals surface area contributed by atoms with E-state index in [1.807, 2.05) is 19.1 Å². The van der Waals surface area contributed by atoms with Gasteiger partial charge in [-0.3, -0.25) is 14.0 Å². The summed E-state index contributed by atoms with van der Waals surface area (Å²) in [5.41, 5.74) is 1.41. The third-order valence-electron chi connectivity index (χ3n) is 4.60. The van der Waals surface area contributed by atoms with Gasteiger partial charge in [-0.2, -0.15) is 0 Å². The molecule has 0 bridgehead atoms. The number of aryl methyl sites for hydroxylation is 1. The zero-order valence-electron chi connectivity index (χ0n) is 14.0. The van der Waals surface area contributed by atoms with Crippen LogP contribution in [0.3, 0.4) is 0 Å². The van der Waals surface area contributed by atoms with Gasteiger partial charge in [-0.1, -0.05) is 6.92 Å². The molecule has 0 saturated carbocycles. The second-order valence-corrected chi connectivity index (χ2v) is 6.65. The lowest BCUT2D eigenvalue weighted by molar-refractivity contribution is 0.0920. The number of fused-ring (bicyclic) bond motifs is 1. The number of nitrogens with zero attached hydrogens (tertiary/aromatic N) is 2. The van der Waals surface area contributed by atoms with E-state index in [0.717, 1.165) is 31.5 Å². The highest BCUT2D eigenvalue weighted by Gasteiger charge is 2.27. The highest BCUT2D eigenvalue weighted by atomic mass is 35.5. The van der Waals surface area contributed by atoms with Gasteiger partial charge in [0.1, 0.15) is 11.2 Å². The van der Waals surface area contributed by atoms with Gasteiger partial charge in [0.2, 0.25) is 0 Å². The molecule has 1 aliphatic heterocycles. The van der Waals surface area contributed by atoms with Crippen LogP contribution in [-0.2, 0) is 0 Å². The average molecular weight is 351 g/mol. The summed E-state index contributed by atoms with van der Waals surface area (Å²) in [5, 5.41) is 6.22. The van der Waals surface area contributed by atoms with Crippen LogP contribution in [0, 0.1) is 12.3 Å². The summed E-state index contributed by atoms with van der Waals surface area (Å²) in [6.45, 7) is 6.61. The van der Waals surface area contributed by atoms with E-state index >= 15 is 0 Å². The molecule has 24 heavy (non-hydrogen) atoms. The third-order valence-corrected chi connectivity index (χ3v) is 4.60. The summed E-state index contributed by atoms with van der Waals surface area (Å²) < 4.78 is 1.41. The molecule has 1 aliphatic rings. The normalized spacial score (nSPS) is 16.4. The fourth-order valence-electron chi connectivity index (χ4n) is 2.93. The van der Waals surface area contributed by atoms with Gasteiger partial charge in [0.25, 0.3) is 11.5 Å². The standard InChI is InChI=1S/C17H22N4O2.ClH/c1-12-3-8-21-14(9-12)19-10-13(16(21)23)15(22)20-11-17(2)4-6-18-7-5-17;/h3,8-10,18H,4-7,11H2,1-2H3,(H,20,22);1H. The molecule has 1 amide bonds. The predicted molar refractivity (Wildman–Crippen MR) is 96.0 cm³/mol. The Bertz CT molecular complexity index is 797. The maximum absolute atomic E-state index is 12.5. The molecule has 1 saturated heterocycles. The molecule has 3 heterocycles. The molecule has 6 nitrogen and oxygen atoms in total. The highest BCUT2D eigenvalue weighted by molar-refractivity contribution is 5.93. The van der Waals surface area contributed by atoms with Crippen molar-refractivity contribution in [2.45, 2.75) is 26.7 Å². The minimum absolute atomic E-state index is 0. The Kier molecular flexibility index (Phi) is 5.62. The van der Waals surface area contributed by atoms with Crippen LogP contribution in [-0.4, -0.2) is 34.9 Å². The fourth-order valence-corrected chi connectivity index (χ4v) is 2.93. The van der Waals surface area contributed by atoms with Gasteiger partial charge in [-0.15, -0.1) is 12.4 Å². The van der Waals surface area contributed by atoms with Crippen molar-refractivity contribution < 1.29 is 4.79 Å². The molecule has 0 unspecified atom stereocenters. The highest BCUT2D eigenvalue weighted by Crippen LogP contribution is 2.26. The van der Waals surface area contributed by atoms with E-state index in [2.05, 4.69) is 22.5 Å². The molecular weight excluding hydrogens is 328 g/mol. The Balaban J connectivity index is 0.00000208. The number of halogens is 1. The van der Waals surface area contributed by atoms with Crippen molar-refractivity contribution in [3.05, 3.63) is 46.0 Å². The summed E-state index contributed by atoms with van der Waals surface area (Å²) >= 11 is 0. The maximum atomic E-state index is 12.5. The smallest absolute Gasteiger partial charge is 0.270 e. The van der Waals surface area contributed by atoms with Crippen molar-refractivity contribution in [3.63, 3.8) is 0 Å². The fraction of sp³-hybridized carbons (Fsp3) is 0.471.